The summed E-state index contributed by atoms with van der Waals surface area (Å²) < 4.78 is 5.56. The van der Waals surface area contributed by atoms with Crippen LogP contribution in [0.4, 0.5) is 16.4 Å². The van der Waals surface area contributed by atoms with Crippen molar-refractivity contribution in [1.29, 1.82) is 0 Å². The molecule has 0 spiro atoms. The van der Waals surface area contributed by atoms with Gasteiger partial charge in [0.2, 0.25) is 0 Å². The van der Waals surface area contributed by atoms with E-state index in [4.69, 9.17) is 4.74 Å². The minimum absolute atomic E-state index is 0.0868. The van der Waals surface area contributed by atoms with E-state index < -0.39 is 0 Å². The summed E-state index contributed by atoms with van der Waals surface area (Å²) in [5.74, 6) is 0.138. The van der Waals surface area contributed by atoms with Crippen LogP contribution in [0.25, 0.3) is 0 Å². The van der Waals surface area contributed by atoms with Crippen LogP contribution in [0.2, 0.25) is 0 Å². The third-order valence-corrected chi connectivity index (χ3v) is 7.52. The molecule has 0 fully saturated rings. The Kier molecular flexibility index (Phi) is 7.23. The summed E-state index contributed by atoms with van der Waals surface area (Å²) in [6.07, 6.45) is 0.863. The predicted molar refractivity (Wildman–Crippen MR) is 150 cm³/mol. The first-order chi connectivity index (χ1) is 18.0. The average Bonchev–Trinajstić information content (AvgIpc) is 3.34. The summed E-state index contributed by atoms with van der Waals surface area (Å²) in [4.78, 5) is 30.8. The molecule has 3 aromatic carbocycles. The zero-order valence-corrected chi connectivity index (χ0v) is 21.8. The normalized spacial score (nSPS) is 13.0. The summed E-state index contributed by atoms with van der Waals surface area (Å²) in [6.45, 7) is 4.20. The monoisotopic (exact) mass is 511 g/mol. The Morgan fingerprint density at radius 2 is 1.76 bits per heavy atom. The third-order valence-electron chi connectivity index (χ3n) is 6.56. The van der Waals surface area contributed by atoms with E-state index >= 15 is 0 Å². The molecule has 0 unspecified atom stereocenters. The molecule has 0 atom stereocenters. The second-order valence-corrected chi connectivity index (χ2v) is 9.91. The second-order valence-electron chi connectivity index (χ2n) is 9.01. The van der Waals surface area contributed by atoms with Crippen LogP contribution in [0.5, 0.6) is 5.75 Å². The molecule has 2 amide bonds. The highest BCUT2D eigenvalue weighted by Gasteiger charge is 2.27. The van der Waals surface area contributed by atoms with Gasteiger partial charge in [-0.05, 0) is 60.2 Å². The van der Waals surface area contributed by atoms with Gasteiger partial charge in [0.1, 0.15) is 10.8 Å². The van der Waals surface area contributed by atoms with Crippen molar-refractivity contribution in [2.45, 2.75) is 19.9 Å². The van der Waals surface area contributed by atoms with Crippen LogP contribution in [0.1, 0.15) is 38.3 Å². The SMILES string of the molecule is COc1cc(C(=O)N2CCCN(Cc3ccccc3)c3sccc32)ccc1NC(=O)c1ccccc1C. The van der Waals surface area contributed by atoms with Gasteiger partial charge in [-0.2, -0.15) is 0 Å². The number of carbonyl (C=O) groups excluding carboxylic acids is 2. The van der Waals surface area contributed by atoms with E-state index in [1.54, 1.807) is 35.6 Å². The Labute approximate surface area is 221 Å². The van der Waals surface area contributed by atoms with Gasteiger partial charge in [0, 0.05) is 30.8 Å². The van der Waals surface area contributed by atoms with E-state index in [0.29, 0.717) is 29.1 Å². The number of rotatable bonds is 6. The highest BCUT2D eigenvalue weighted by Crippen LogP contribution is 2.39. The molecule has 1 N–H and O–H groups in total. The maximum absolute atomic E-state index is 13.7. The molecular weight excluding hydrogens is 482 g/mol. The van der Waals surface area contributed by atoms with Crippen molar-refractivity contribution < 1.29 is 14.3 Å². The molecule has 0 bridgehead atoms. The molecule has 2 heterocycles. The number of nitrogens with zero attached hydrogens (tertiary/aromatic N) is 2. The number of aryl methyl sites for hydroxylation is 1. The molecule has 188 valence electrons. The molecule has 0 saturated carbocycles. The van der Waals surface area contributed by atoms with Crippen molar-refractivity contribution in [3.63, 3.8) is 0 Å². The van der Waals surface area contributed by atoms with Crippen LogP contribution in [0, 0.1) is 6.92 Å². The lowest BCUT2D eigenvalue weighted by molar-refractivity contribution is 0.0986. The lowest BCUT2D eigenvalue weighted by Crippen LogP contribution is -2.31. The highest BCUT2D eigenvalue weighted by atomic mass is 32.1. The summed E-state index contributed by atoms with van der Waals surface area (Å²) >= 11 is 1.66. The fourth-order valence-corrected chi connectivity index (χ4v) is 5.57. The van der Waals surface area contributed by atoms with Crippen molar-refractivity contribution in [3.8, 4) is 5.75 Å². The number of amides is 2. The predicted octanol–water partition coefficient (Wildman–Crippen LogP) is 6.37. The first kappa shape index (κ1) is 24.6. The van der Waals surface area contributed by atoms with Gasteiger partial charge in [0.15, 0.2) is 0 Å². The molecular formula is C30H29N3O3S. The number of ether oxygens (including phenoxy) is 1. The fourth-order valence-electron chi connectivity index (χ4n) is 4.64. The highest BCUT2D eigenvalue weighted by molar-refractivity contribution is 7.15. The van der Waals surface area contributed by atoms with Crippen molar-refractivity contribution in [1.82, 2.24) is 0 Å². The number of anilines is 3. The minimum Gasteiger partial charge on any atom is -0.495 e. The molecule has 1 aromatic heterocycles. The van der Waals surface area contributed by atoms with E-state index in [1.807, 2.05) is 47.5 Å². The van der Waals surface area contributed by atoms with Crippen molar-refractivity contribution in [3.05, 3.63) is 106 Å². The van der Waals surface area contributed by atoms with Gasteiger partial charge in [-0.3, -0.25) is 9.59 Å². The van der Waals surface area contributed by atoms with Gasteiger partial charge in [0.05, 0.1) is 18.5 Å². The van der Waals surface area contributed by atoms with Crippen LogP contribution < -0.4 is 19.9 Å². The molecule has 0 aliphatic carbocycles. The first-order valence-electron chi connectivity index (χ1n) is 12.3. The van der Waals surface area contributed by atoms with E-state index in [-0.39, 0.29) is 11.8 Å². The number of nitrogens with one attached hydrogen (secondary N) is 1. The Hall–Kier alpha value is -4.10. The maximum atomic E-state index is 13.7. The number of hydrogen-bond acceptors (Lipinski definition) is 5. The topological polar surface area (TPSA) is 61.9 Å². The van der Waals surface area contributed by atoms with Crippen molar-refractivity contribution in [2.75, 3.05) is 35.3 Å². The number of hydrogen-bond donors (Lipinski definition) is 1. The van der Waals surface area contributed by atoms with Gasteiger partial charge in [-0.1, -0.05) is 48.5 Å². The van der Waals surface area contributed by atoms with Crippen LogP contribution >= 0.6 is 11.3 Å². The summed E-state index contributed by atoms with van der Waals surface area (Å²) in [7, 11) is 1.54. The second kappa shape index (κ2) is 10.9. The van der Waals surface area contributed by atoms with Gasteiger partial charge >= 0.3 is 0 Å². The van der Waals surface area contributed by atoms with E-state index in [2.05, 4.69) is 34.5 Å². The smallest absolute Gasteiger partial charge is 0.258 e. The molecule has 0 saturated heterocycles. The Balaban J connectivity index is 1.38. The summed E-state index contributed by atoms with van der Waals surface area (Å²) in [5, 5.41) is 6.06. The molecule has 0 radical (unpaired) electrons. The number of carbonyl (C=O) groups is 2. The van der Waals surface area contributed by atoms with Crippen molar-refractivity contribution in [2.24, 2.45) is 0 Å². The molecule has 6 nitrogen and oxygen atoms in total. The first-order valence-corrected chi connectivity index (χ1v) is 13.2. The molecule has 4 aromatic rings. The van der Waals surface area contributed by atoms with Crippen LogP contribution in [-0.2, 0) is 6.54 Å². The van der Waals surface area contributed by atoms with Gasteiger partial charge in [0.25, 0.3) is 11.8 Å². The Bertz CT molecular complexity index is 1420. The lowest BCUT2D eigenvalue weighted by Gasteiger charge is -2.24. The molecule has 37 heavy (non-hydrogen) atoms. The van der Waals surface area contributed by atoms with E-state index in [9.17, 15) is 9.59 Å². The number of methoxy groups -OCH3 is 1. The van der Waals surface area contributed by atoms with Crippen molar-refractivity contribution >= 4 is 39.5 Å². The molecule has 5 rings (SSSR count). The van der Waals surface area contributed by atoms with E-state index in [0.717, 1.165) is 35.8 Å². The third kappa shape index (κ3) is 5.22. The number of benzene rings is 3. The zero-order valence-electron chi connectivity index (χ0n) is 20.9. The quantitative estimate of drug-likeness (QED) is 0.327. The Morgan fingerprint density at radius 3 is 2.54 bits per heavy atom. The lowest BCUT2D eigenvalue weighted by atomic mass is 10.1. The summed E-state index contributed by atoms with van der Waals surface area (Å²) in [6, 6.07) is 25.0. The van der Waals surface area contributed by atoms with Crippen LogP contribution in [0.15, 0.2) is 84.2 Å². The van der Waals surface area contributed by atoms with Gasteiger partial charge in [-0.25, -0.2) is 0 Å². The van der Waals surface area contributed by atoms with Crippen LogP contribution in [0.3, 0.4) is 0 Å². The maximum Gasteiger partial charge on any atom is 0.258 e. The summed E-state index contributed by atoms with van der Waals surface area (Å²) in [5.41, 5.74) is 4.70. The molecule has 1 aliphatic heterocycles. The zero-order chi connectivity index (χ0) is 25.8. The van der Waals surface area contributed by atoms with Gasteiger partial charge in [-0.15, -0.1) is 11.3 Å². The Morgan fingerprint density at radius 1 is 0.973 bits per heavy atom. The minimum atomic E-state index is -0.218. The average molecular weight is 512 g/mol. The fraction of sp³-hybridized carbons (Fsp3) is 0.200. The van der Waals surface area contributed by atoms with E-state index in [1.165, 1.54) is 12.7 Å². The largest absolute Gasteiger partial charge is 0.495 e. The number of fused-ring (bicyclic) bond motifs is 1. The molecule has 7 heteroatoms. The molecule has 1 aliphatic rings. The van der Waals surface area contributed by atoms with Gasteiger partial charge < -0.3 is 19.9 Å². The van der Waals surface area contributed by atoms with Crippen LogP contribution in [-0.4, -0.2) is 32.0 Å². The number of thiophene rings is 1. The standard InChI is InChI=1S/C30H29N3O3S/c1-21-9-6-7-12-24(21)28(34)31-25-14-13-23(19-27(25)36-2)29(35)33-17-8-16-32(30-26(33)15-18-37-30)20-22-10-4-3-5-11-22/h3-7,9-15,18-19H,8,16-17,20H2,1-2H3,(H,31,34).